The summed E-state index contributed by atoms with van der Waals surface area (Å²) in [6, 6.07) is 0. The van der Waals surface area contributed by atoms with Gasteiger partial charge in [-0.3, -0.25) is 0 Å². The minimum atomic E-state index is 0.798. The van der Waals surface area contributed by atoms with E-state index >= 15 is 0 Å². The zero-order valence-corrected chi connectivity index (χ0v) is 7.68. The minimum absolute atomic E-state index is 0.798. The second-order valence-electron chi connectivity index (χ2n) is 3.41. The number of nitrogens with zero attached hydrogens (tertiary/aromatic N) is 1. The fourth-order valence-corrected chi connectivity index (χ4v) is 1.80. The van der Waals surface area contributed by atoms with E-state index in [-0.39, 0.29) is 0 Å². The molecule has 1 heterocycles. The fourth-order valence-electron chi connectivity index (χ4n) is 1.80. The van der Waals surface area contributed by atoms with Crippen molar-refractivity contribution in [3.63, 3.8) is 0 Å². The van der Waals surface area contributed by atoms with Crippen LogP contribution in [0.25, 0.3) is 0 Å². The Morgan fingerprint density at radius 2 is 2.36 bits per heavy atom. The summed E-state index contributed by atoms with van der Waals surface area (Å²) < 4.78 is 5.13. The van der Waals surface area contributed by atoms with E-state index in [1.807, 2.05) is 0 Å². The third-order valence-corrected chi connectivity index (χ3v) is 2.31. The maximum Gasteiger partial charge on any atom is 0.0503 e. The lowest BCUT2D eigenvalue weighted by Gasteiger charge is -2.13. The van der Waals surface area contributed by atoms with Gasteiger partial charge >= 0.3 is 0 Å². The van der Waals surface area contributed by atoms with E-state index in [1.54, 1.807) is 7.11 Å². The lowest BCUT2D eigenvalue weighted by Crippen LogP contribution is -2.22. The topological polar surface area (TPSA) is 12.5 Å². The molecule has 0 aromatic heterocycles. The summed E-state index contributed by atoms with van der Waals surface area (Å²) >= 11 is 0. The van der Waals surface area contributed by atoms with Crippen LogP contribution in [0, 0.1) is 5.92 Å². The van der Waals surface area contributed by atoms with Gasteiger partial charge in [0.1, 0.15) is 0 Å². The van der Waals surface area contributed by atoms with Crippen LogP contribution >= 0.6 is 0 Å². The normalized spacial score (nSPS) is 26.2. The molecule has 0 radical (unpaired) electrons. The van der Waals surface area contributed by atoms with Gasteiger partial charge in [0.2, 0.25) is 0 Å². The predicted molar refractivity (Wildman–Crippen MR) is 46.7 cm³/mol. The van der Waals surface area contributed by atoms with Crippen molar-refractivity contribution < 1.29 is 4.74 Å². The van der Waals surface area contributed by atoms with Crippen LogP contribution in [0.3, 0.4) is 0 Å². The van der Waals surface area contributed by atoms with Crippen LogP contribution in [0.15, 0.2) is 0 Å². The summed E-state index contributed by atoms with van der Waals surface area (Å²) in [6.07, 6.45) is 2.60. The van der Waals surface area contributed by atoms with Gasteiger partial charge in [-0.1, -0.05) is 6.92 Å². The van der Waals surface area contributed by atoms with Crippen molar-refractivity contribution in [2.24, 2.45) is 5.92 Å². The average molecular weight is 157 g/mol. The third-order valence-electron chi connectivity index (χ3n) is 2.31. The van der Waals surface area contributed by atoms with Crippen molar-refractivity contribution in [2.75, 3.05) is 33.4 Å². The Labute approximate surface area is 69.5 Å². The fraction of sp³-hybridized carbons (Fsp3) is 1.00. The molecular formula is C9H19NO. The molecule has 2 nitrogen and oxygen atoms in total. The Kier molecular flexibility index (Phi) is 3.87. The Hall–Kier alpha value is -0.0800. The quantitative estimate of drug-likeness (QED) is 0.611. The number of hydrogen-bond donors (Lipinski definition) is 0. The molecule has 1 aliphatic heterocycles. The molecule has 1 aliphatic rings. The molecule has 0 amide bonds. The van der Waals surface area contributed by atoms with E-state index < -0.39 is 0 Å². The molecule has 0 aromatic rings. The molecule has 1 fully saturated rings. The zero-order chi connectivity index (χ0) is 8.10. The van der Waals surface area contributed by atoms with Crippen molar-refractivity contribution in [3.8, 4) is 0 Å². The van der Waals surface area contributed by atoms with Crippen molar-refractivity contribution >= 4 is 0 Å². The molecule has 0 saturated carbocycles. The van der Waals surface area contributed by atoms with E-state index in [0.717, 1.165) is 12.5 Å². The van der Waals surface area contributed by atoms with Crippen LogP contribution in [-0.4, -0.2) is 38.3 Å². The summed E-state index contributed by atoms with van der Waals surface area (Å²) in [7, 11) is 1.79. The van der Waals surface area contributed by atoms with E-state index in [9.17, 15) is 0 Å². The molecule has 0 aliphatic carbocycles. The van der Waals surface area contributed by atoms with Crippen LogP contribution in [0.2, 0.25) is 0 Å². The zero-order valence-electron chi connectivity index (χ0n) is 7.68. The maximum atomic E-state index is 5.13. The van der Waals surface area contributed by atoms with Gasteiger partial charge in [0.15, 0.2) is 0 Å². The largest absolute Gasteiger partial charge is 0.384 e. The van der Waals surface area contributed by atoms with Crippen LogP contribution in [0.5, 0.6) is 0 Å². The number of likely N-dealkylation sites (tertiary alicyclic amines) is 1. The molecule has 0 N–H and O–H groups in total. The van der Waals surface area contributed by atoms with Gasteiger partial charge in [0, 0.05) is 13.7 Å². The smallest absolute Gasteiger partial charge is 0.0503 e. The first-order valence-electron chi connectivity index (χ1n) is 4.58. The maximum absolute atomic E-state index is 5.13. The predicted octanol–water partition coefficient (Wildman–Crippen LogP) is 1.36. The van der Waals surface area contributed by atoms with Gasteiger partial charge in [0.25, 0.3) is 0 Å². The highest BCUT2D eigenvalue weighted by Crippen LogP contribution is 2.15. The van der Waals surface area contributed by atoms with Gasteiger partial charge in [-0.2, -0.15) is 0 Å². The van der Waals surface area contributed by atoms with Crippen molar-refractivity contribution in [3.05, 3.63) is 0 Å². The molecule has 11 heavy (non-hydrogen) atoms. The summed E-state index contributed by atoms with van der Waals surface area (Å²) in [5, 5.41) is 0. The van der Waals surface area contributed by atoms with E-state index in [4.69, 9.17) is 4.74 Å². The number of methoxy groups -OCH3 is 1. The molecular weight excluding hydrogens is 138 g/mol. The lowest BCUT2D eigenvalue weighted by atomic mass is 10.1. The van der Waals surface area contributed by atoms with E-state index in [0.29, 0.717) is 0 Å². The summed E-state index contributed by atoms with van der Waals surface area (Å²) in [5.41, 5.74) is 0. The Bertz CT molecular complexity index is 93.7. The second-order valence-corrected chi connectivity index (χ2v) is 3.41. The molecule has 0 aromatic carbocycles. The highest BCUT2D eigenvalue weighted by Gasteiger charge is 2.20. The Morgan fingerprint density at radius 3 is 3.00 bits per heavy atom. The van der Waals surface area contributed by atoms with Crippen LogP contribution in [0.4, 0.5) is 0 Å². The summed E-state index contributed by atoms with van der Waals surface area (Å²) in [5.74, 6) is 0.798. The highest BCUT2D eigenvalue weighted by atomic mass is 16.5. The van der Waals surface area contributed by atoms with Gasteiger partial charge in [-0.25, -0.2) is 0 Å². The average Bonchev–Trinajstić information content (AvgIpc) is 2.38. The molecule has 1 saturated heterocycles. The first kappa shape index (κ1) is 9.01. The Morgan fingerprint density at radius 1 is 1.55 bits per heavy atom. The lowest BCUT2D eigenvalue weighted by molar-refractivity contribution is 0.153. The molecule has 1 atom stereocenters. The first-order valence-corrected chi connectivity index (χ1v) is 4.58. The number of rotatable bonds is 4. The molecule has 0 spiro atoms. The van der Waals surface area contributed by atoms with E-state index in [1.165, 1.54) is 32.5 Å². The van der Waals surface area contributed by atoms with E-state index in [2.05, 4.69) is 11.8 Å². The number of hydrogen-bond acceptors (Lipinski definition) is 2. The standard InChI is InChI=1S/C9H19NO/c1-3-5-10-6-4-9(7-10)8-11-2/h9H,3-8H2,1-2H3/t9-/m1/s1. The third kappa shape index (κ3) is 2.80. The molecule has 0 unspecified atom stereocenters. The van der Waals surface area contributed by atoms with Crippen molar-refractivity contribution in [2.45, 2.75) is 19.8 Å². The SMILES string of the molecule is CCCN1CC[C@@H](COC)C1. The van der Waals surface area contributed by atoms with Gasteiger partial charge in [-0.05, 0) is 31.8 Å². The van der Waals surface area contributed by atoms with Gasteiger partial charge in [-0.15, -0.1) is 0 Å². The monoisotopic (exact) mass is 157 g/mol. The summed E-state index contributed by atoms with van der Waals surface area (Å²) in [6.45, 7) is 6.98. The highest BCUT2D eigenvalue weighted by molar-refractivity contribution is 4.74. The van der Waals surface area contributed by atoms with Crippen molar-refractivity contribution in [1.82, 2.24) is 4.90 Å². The molecule has 1 rings (SSSR count). The van der Waals surface area contributed by atoms with Crippen LogP contribution in [-0.2, 0) is 4.74 Å². The Balaban J connectivity index is 2.12. The van der Waals surface area contributed by atoms with Gasteiger partial charge in [0.05, 0.1) is 6.61 Å². The van der Waals surface area contributed by atoms with Gasteiger partial charge < -0.3 is 9.64 Å². The molecule has 0 bridgehead atoms. The first-order chi connectivity index (χ1) is 5.36. The molecule has 2 heteroatoms. The van der Waals surface area contributed by atoms with Crippen LogP contribution in [0.1, 0.15) is 19.8 Å². The number of ether oxygens (including phenoxy) is 1. The molecule has 66 valence electrons. The van der Waals surface area contributed by atoms with Crippen LogP contribution < -0.4 is 0 Å². The minimum Gasteiger partial charge on any atom is -0.384 e. The second kappa shape index (κ2) is 4.73. The van der Waals surface area contributed by atoms with Crippen molar-refractivity contribution in [1.29, 1.82) is 0 Å². The summed E-state index contributed by atoms with van der Waals surface area (Å²) in [4.78, 5) is 2.53.